The Kier molecular flexibility index (Phi) is 3.99. The van der Waals surface area contributed by atoms with Crippen LogP contribution in [0, 0.1) is 11.3 Å². The van der Waals surface area contributed by atoms with E-state index in [1.165, 1.54) is 11.3 Å². The summed E-state index contributed by atoms with van der Waals surface area (Å²) in [5, 5.41) is 15.3. The number of benzene rings is 2. The molecular formula is C16H12N4OS. The van der Waals surface area contributed by atoms with Gasteiger partial charge in [-0.15, -0.1) is 0 Å². The molecule has 0 bridgehead atoms. The van der Waals surface area contributed by atoms with Gasteiger partial charge in [0.25, 0.3) is 0 Å². The van der Waals surface area contributed by atoms with Crippen LogP contribution in [0.1, 0.15) is 5.56 Å². The van der Waals surface area contributed by atoms with Gasteiger partial charge in [-0.05, 0) is 30.3 Å². The lowest BCUT2D eigenvalue weighted by molar-refractivity contribution is -0.114. The van der Waals surface area contributed by atoms with Crippen molar-refractivity contribution in [3.8, 4) is 6.07 Å². The number of nitrogens with zero attached hydrogens (tertiary/aromatic N) is 2. The van der Waals surface area contributed by atoms with Gasteiger partial charge >= 0.3 is 0 Å². The van der Waals surface area contributed by atoms with E-state index >= 15 is 0 Å². The lowest BCUT2D eigenvalue weighted by Gasteiger charge is -2.05. The van der Waals surface area contributed by atoms with Crippen LogP contribution in [0.25, 0.3) is 10.2 Å². The highest BCUT2D eigenvalue weighted by atomic mass is 32.1. The predicted molar refractivity (Wildman–Crippen MR) is 87.9 cm³/mol. The lowest BCUT2D eigenvalue weighted by Crippen LogP contribution is -2.21. The summed E-state index contributed by atoms with van der Waals surface area (Å²) in [5.74, 6) is -0.186. The number of nitriles is 1. The molecule has 1 heterocycles. The molecule has 0 saturated carbocycles. The summed E-state index contributed by atoms with van der Waals surface area (Å²) in [7, 11) is 0. The highest BCUT2D eigenvalue weighted by Crippen LogP contribution is 2.25. The van der Waals surface area contributed by atoms with Crippen molar-refractivity contribution in [1.29, 1.82) is 5.26 Å². The second-order valence-corrected chi connectivity index (χ2v) is 5.61. The zero-order chi connectivity index (χ0) is 15.4. The highest BCUT2D eigenvalue weighted by Gasteiger charge is 2.06. The Bertz CT molecular complexity index is 833. The molecule has 0 radical (unpaired) electrons. The molecule has 22 heavy (non-hydrogen) atoms. The van der Waals surface area contributed by atoms with Crippen LogP contribution in [0.4, 0.5) is 10.8 Å². The Morgan fingerprint density at radius 2 is 2.09 bits per heavy atom. The third-order valence-corrected chi connectivity index (χ3v) is 3.96. The summed E-state index contributed by atoms with van der Waals surface area (Å²) in [6.07, 6.45) is 0. The molecule has 3 rings (SSSR count). The SMILES string of the molecule is N#Cc1cccc(NC(=O)CNc2nc3ccccc3s2)c1. The number of fused-ring (bicyclic) bond motifs is 1. The fourth-order valence-corrected chi connectivity index (χ4v) is 2.84. The van der Waals surface area contributed by atoms with Crippen LogP contribution in [0.2, 0.25) is 0 Å². The van der Waals surface area contributed by atoms with E-state index in [-0.39, 0.29) is 12.5 Å². The topological polar surface area (TPSA) is 77.8 Å². The minimum Gasteiger partial charge on any atom is -0.352 e. The first kappa shape index (κ1) is 14.0. The van der Waals surface area contributed by atoms with Crippen LogP contribution in [0.15, 0.2) is 48.5 Å². The molecule has 6 heteroatoms. The number of aromatic nitrogens is 1. The standard InChI is InChI=1S/C16H12N4OS/c17-9-11-4-3-5-12(8-11)19-15(21)10-18-16-20-13-6-1-2-7-14(13)22-16/h1-8H,10H2,(H,18,20)(H,19,21). The van der Waals surface area contributed by atoms with Gasteiger partial charge in [0.15, 0.2) is 5.13 Å². The molecule has 0 spiro atoms. The molecule has 0 unspecified atom stereocenters. The van der Waals surface area contributed by atoms with Crippen molar-refractivity contribution in [3.63, 3.8) is 0 Å². The smallest absolute Gasteiger partial charge is 0.243 e. The molecule has 0 saturated heterocycles. The molecule has 0 aliphatic carbocycles. The van der Waals surface area contributed by atoms with Gasteiger partial charge in [-0.25, -0.2) is 4.98 Å². The fourth-order valence-electron chi connectivity index (χ4n) is 1.98. The van der Waals surface area contributed by atoms with Crippen molar-refractivity contribution < 1.29 is 4.79 Å². The summed E-state index contributed by atoms with van der Waals surface area (Å²) < 4.78 is 1.08. The second kappa shape index (κ2) is 6.24. The maximum absolute atomic E-state index is 11.9. The molecule has 3 aromatic rings. The molecule has 5 nitrogen and oxygen atoms in total. The number of thiazole rings is 1. The summed E-state index contributed by atoms with van der Waals surface area (Å²) >= 11 is 1.51. The average molecular weight is 308 g/mol. The number of hydrogen-bond donors (Lipinski definition) is 2. The Labute approximate surface area is 131 Å². The first-order valence-electron chi connectivity index (χ1n) is 6.64. The first-order chi connectivity index (χ1) is 10.7. The molecule has 0 aliphatic heterocycles. The molecule has 1 aromatic heterocycles. The van der Waals surface area contributed by atoms with Gasteiger partial charge in [-0.1, -0.05) is 29.5 Å². The van der Waals surface area contributed by atoms with Crippen molar-refractivity contribution in [2.45, 2.75) is 0 Å². The third-order valence-electron chi connectivity index (χ3n) is 2.97. The van der Waals surface area contributed by atoms with Crippen molar-refractivity contribution >= 4 is 38.3 Å². The van der Waals surface area contributed by atoms with Crippen molar-refractivity contribution in [2.24, 2.45) is 0 Å². The maximum Gasteiger partial charge on any atom is 0.243 e. The highest BCUT2D eigenvalue weighted by molar-refractivity contribution is 7.22. The van der Waals surface area contributed by atoms with Gasteiger partial charge in [-0.2, -0.15) is 5.26 Å². The van der Waals surface area contributed by atoms with Gasteiger partial charge in [0, 0.05) is 5.69 Å². The average Bonchev–Trinajstić information content (AvgIpc) is 2.96. The van der Waals surface area contributed by atoms with Crippen LogP contribution in [0.3, 0.4) is 0 Å². The van der Waals surface area contributed by atoms with Gasteiger partial charge in [0.1, 0.15) is 0 Å². The number of nitrogens with one attached hydrogen (secondary N) is 2. The Hall–Kier alpha value is -2.91. The van der Waals surface area contributed by atoms with E-state index in [0.717, 1.165) is 10.2 Å². The van der Waals surface area contributed by atoms with Crippen LogP contribution in [0.5, 0.6) is 0 Å². The van der Waals surface area contributed by atoms with E-state index in [4.69, 9.17) is 5.26 Å². The van der Waals surface area contributed by atoms with E-state index in [1.807, 2.05) is 30.3 Å². The number of rotatable bonds is 4. The summed E-state index contributed by atoms with van der Waals surface area (Å²) in [6.45, 7) is 0.122. The fraction of sp³-hybridized carbons (Fsp3) is 0.0625. The molecule has 0 atom stereocenters. The van der Waals surface area contributed by atoms with Gasteiger partial charge in [0.05, 0.1) is 28.4 Å². The number of hydrogen-bond acceptors (Lipinski definition) is 5. The number of amides is 1. The van der Waals surface area contributed by atoms with Crippen LogP contribution in [-0.2, 0) is 4.79 Å². The van der Waals surface area contributed by atoms with Crippen molar-refractivity contribution in [3.05, 3.63) is 54.1 Å². The summed E-state index contributed by atoms with van der Waals surface area (Å²) in [6, 6.07) is 16.7. The van der Waals surface area contributed by atoms with Gasteiger partial charge in [-0.3, -0.25) is 4.79 Å². The number of carbonyl (C=O) groups is 1. The molecule has 0 aliphatic rings. The molecule has 0 fully saturated rings. The molecule has 2 aromatic carbocycles. The minimum absolute atomic E-state index is 0.122. The van der Waals surface area contributed by atoms with Crippen molar-refractivity contribution in [2.75, 3.05) is 17.2 Å². The zero-order valence-electron chi connectivity index (χ0n) is 11.5. The summed E-state index contributed by atoms with van der Waals surface area (Å²) in [5.41, 5.74) is 2.03. The van der Waals surface area contributed by atoms with Crippen LogP contribution >= 0.6 is 11.3 Å². The summed E-state index contributed by atoms with van der Waals surface area (Å²) in [4.78, 5) is 16.3. The van der Waals surface area contributed by atoms with E-state index < -0.39 is 0 Å². The largest absolute Gasteiger partial charge is 0.352 e. The Balaban J connectivity index is 1.61. The molecule has 2 N–H and O–H groups in total. The molecule has 108 valence electrons. The second-order valence-electron chi connectivity index (χ2n) is 4.58. The first-order valence-corrected chi connectivity index (χ1v) is 7.46. The monoisotopic (exact) mass is 308 g/mol. The molecular weight excluding hydrogens is 296 g/mol. The predicted octanol–water partition coefficient (Wildman–Crippen LogP) is 3.22. The quantitative estimate of drug-likeness (QED) is 0.775. The van der Waals surface area contributed by atoms with E-state index in [2.05, 4.69) is 15.6 Å². The Morgan fingerprint density at radius 3 is 2.91 bits per heavy atom. The zero-order valence-corrected chi connectivity index (χ0v) is 12.4. The number of para-hydroxylation sites is 1. The van der Waals surface area contributed by atoms with E-state index in [1.54, 1.807) is 24.3 Å². The molecule has 1 amide bonds. The van der Waals surface area contributed by atoms with Gasteiger partial charge in [0.2, 0.25) is 5.91 Å². The van der Waals surface area contributed by atoms with Crippen LogP contribution < -0.4 is 10.6 Å². The Morgan fingerprint density at radius 1 is 1.23 bits per heavy atom. The number of anilines is 2. The van der Waals surface area contributed by atoms with Crippen molar-refractivity contribution in [1.82, 2.24) is 4.98 Å². The van der Waals surface area contributed by atoms with E-state index in [9.17, 15) is 4.79 Å². The lowest BCUT2D eigenvalue weighted by atomic mass is 10.2. The van der Waals surface area contributed by atoms with E-state index in [0.29, 0.717) is 16.4 Å². The number of carbonyl (C=O) groups excluding carboxylic acids is 1. The minimum atomic E-state index is -0.186. The normalized spacial score (nSPS) is 10.1. The van der Waals surface area contributed by atoms with Gasteiger partial charge < -0.3 is 10.6 Å². The van der Waals surface area contributed by atoms with Crippen LogP contribution in [-0.4, -0.2) is 17.4 Å². The maximum atomic E-state index is 11.9. The third kappa shape index (κ3) is 3.22.